The molecule has 0 aliphatic heterocycles. The first kappa shape index (κ1) is 117. The molecule has 706 valence electrons. The summed E-state index contributed by atoms with van der Waals surface area (Å²) in [7, 11) is 0. The van der Waals surface area contributed by atoms with E-state index in [9.17, 15) is 19.2 Å². The van der Waals surface area contributed by atoms with Gasteiger partial charge in [-0.15, -0.1) is 0 Å². The molecule has 129 heavy (non-hydrogen) atoms. The first-order chi connectivity index (χ1) is 58.3. The van der Waals surface area contributed by atoms with Crippen molar-refractivity contribution in [2.24, 2.45) is 0 Å². The minimum absolute atomic E-state index is 0. The molecule has 12 aromatic rings. The average molecular weight is 2660 g/mol. The maximum absolute atomic E-state index is 10.0. The Kier molecular flexibility index (Phi) is 50.1. The van der Waals surface area contributed by atoms with E-state index >= 15 is 0 Å². The van der Waals surface area contributed by atoms with Crippen molar-refractivity contribution in [2.45, 2.75) is 251 Å². The van der Waals surface area contributed by atoms with Gasteiger partial charge in [-0.3, -0.25) is 19.2 Å². The monoisotopic (exact) mass is 2660 g/mol. The van der Waals surface area contributed by atoms with Crippen molar-refractivity contribution in [3.63, 3.8) is 0 Å². The number of hydrogen-bond acceptors (Lipinski definition) is 26. The number of nitrogens with zero attached hydrogens (tertiary/aromatic N) is 24. The zero-order valence-electron chi connectivity index (χ0n) is 77.3. The van der Waals surface area contributed by atoms with Gasteiger partial charge in [0, 0.05) is 243 Å². The Hall–Kier alpha value is -9.98. The van der Waals surface area contributed by atoms with Crippen molar-refractivity contribution in [1.29, 1.82) is 0 Å². The Morgan fingerprint density at radius 2 is 0.628 bits per heavy atom. The fraction of sp³-hybridized carbons (Fsp3) is 0.413. The number of aliphatic hydroxyl groups is 4. The van der Waals surface area contributed by atoms with Crippen LogP contribution in [0.5, 0.6) is 0 Å². The molecule has 0 atom stereocenters. The van der Waals surface area contributed by atoms with E-state index in [2.05, 4.69) is 204 Å². The minimum Gasteiger partial charge on any atom is -0.572 e. The molecule has 0 aromatic carbocycles. The van der Waals surface area contributed by atoms with Crippen LogP contribution in [0.25, 0.3) is 69.1 Å². The third kappa shape index (κ3) is 38.5. The van der Waals surface area contributed by atoms with Crippen LogP contribution >= 0.6 is 0 Å². The Morgan fingerprint density at radius 3 is 0.884 bits per heavy atom. The summed E-state index contributed by atoms with van der Waals surface area (Å²) in [5, 5.41) is 83.9. The minimum atomic E-state index is -0.125. The molecule has 32 nitrogen and oxygen atoms in total. The van der Waals surface area contributed by atoms with Gasteiger partial charge in [0.15, 0.2) is 23.1 Å². The van der Waals surface area contributed by atoms with Crippen molar-refractivity contribution >= 4 is 23.1 Å². The fourth-order valence-corrected chi connectivity index (χ4v) is 12.9. The second kappa shape index (κ2) is 55.3. The van der Waals surface area contributed by atoms with Crippen LogP contribution in [0.15, 0.2) is 158 Å². The van der Waals surface area contributed by atoms with Gasteiger partial charge in [0.2, 0.25) is 0 Å². The number of allylic oxidation sites excluding steroid dienone is 8. The van der Waals surface area contributed by atoms with Crippen molar-refractivity contribution in [1.82, 2.24) is 121 Å². The fourth-order valence-electron chi connectivity index (χ4n) is 12.9. The Morgan fingerprint density at radius 1 is 0.349 bits per heavy atom. The van der Waals surface area contributed by atoms with Crippen molar-refractivity contribution in [2.75, 3.05) is 0 Å². The third-order valence-corrected chi connectivity index (χ3v) is 18.5. The second-order valence-electron chi connectivity index (χ2n) is 33.8. The van der Waals surface area contributed by atoms with E-state index < -0.39 is 0 Å². The molecule has 0 amide bonds. The number of fused-ring (bicyclic) bond motifs is 3. The summed E-state index contributed by atoms with van der Waals surface area (Å²) in [6.07, 6.45) is 32.1. The molecule has 0 unspecified atom stereocenters. The number of rotatable bonds is 10. The number of carbonyl (C=O) groups is 4. The number of aromatic nitrogens is 24. The van der Waals surface area contributed by atoms with Gasteiger partial charge in [0.25, 0.3) is 0 Å². The van der Waals surface area contributed by atoms with Gasteiger partial charge in [-0.2, -0.15) is 0 Å². The number of aliphatic hydroxyl groups excluding tert-OH is 4. The van der Waals surface area contributed by atoms with Gasteiger partial charge in [-0.25, -0.2) is 59.8 Å². The Balaban J connectivity index is 0.000000728. The molecule has 12 aromatic heterocycles. The standard InChI is InChI=1S/2C14H17N4.C13H15N4.C12H15N4.C11H13N4.C8H7N4.4C5H8O2.5Pt/c2*1-9-6-8-15-13(16-9)11-10-5-4-7-14(2,3)12(10)18-17-11;1-13(2)6-3-5-9-10(16-17-11(9)13)12-14-7-4-8-15-12;1-8-9(11-13-6-5-7-14-11)15-16-10(8)12(2,3)4;1-11(2,3)9-7-8(14-15-9)10-12-5-4-6-13-10;1-6-5-7(12-11-6)8-9-3-2-4-10-8;4*1-4(6)3-5(2)7;;;;;/h2*6,8H,4-5,7H2,1-3H3;4,7-8H,3,5-6H2,1-2H3;5-7H,1-4H3;4-7H,1-3H3;2-5H,1H3;4*3,6H,1-2H3;;;;;/q6*-1;;;;;;;;;+2. The van der Waals surface area contributed by atoms with Gasteiger partial charge < -0.3 is 81.6 Å². The largest absolute Gasteiger partial charge is 2.00 e. The molecule has 0 spiro atoms. The first-order valence-corrected chi connectivity index (χ1v) is 40.6. The van der Waals surface area contributed by atoms with Crippen LogP contribution in [-0.2, 0) is 171 Å². The number of hydrogen-bond donors (Lipinski definition) is 4. The third-order valence-electron chi connectivity index (χ3n) is 18.5. The normalized spacial score (nSPS) is 13.5. The van der Waals surface area contributed by atoms with Crippen LogP contribution in [0.2, 0.25) is 0 Å². The van der Waals surface area contributed by atoms with Gasteiger partial charge in [-0.1, -0.05) is 129 Å². The molecule has 0 saturated heterocycles. The molecule has 12 heterocycles. The number of aryl methyl sites for hydroxylation is 3. The maximum Gasteiger partial charge on any atom is 2.00 e. The molecule has 0 saturated carbocycles. The van der Waals surface area contributed by atoms with Crippen molar-refractivity contribution in [3.8, 4) is 69.1 Å². The van der Waals surface area contributed by atoms with Gasteiger partial charge >= 0.3 is 21.1 Å². The molecular formula is C92H116N24O8Pt5-4. The van der Waals surface area contributed by atoms with Crippen molar-refractivity contribution < 1.29 is 145 Å². The first-order valence-electron chi connectivity index (χ1n) is 40.6. The van der Waals surface area contributed by atoms with E-state index in [4.69, 9.17) is 20.4 Å². The van der Waals surface area contributed by atoms with Crippen LogP contribution in [-0.4, -0.2) is 134 Å². The SMILES string of the molecule is CC(=O)C=C(C)O.CC(=O)C=C(C)O.CC(=O)C=C(C)O.CC(=O)C=C(C)O.CC(C)(C)c1cc(-c2ncccn2)[n-]n1.CC1(C)CCCc2c1n[n-]c2-c1ncccn1.Cc1c(C(C)(C)C)n[n-]c1-c1ncccn1.Cc1cc(-c2ncccn2)[n-]n1.Cc1ccnc(-c2[n-]nc3c2CCCC3(C)C)n1.Cc1ccnc(-c2[n-]nc3c2CCCC3(C)C)n1.[Pt+2].[Pt].[Pt].[Pt].[Pt]. The van der Waals surface area contributed by atoms with E-state index in [1.807, 2.05) is 58.0 Å². The van der Waals surface area contributed by atoms with Crippen LogP contribution in [0.4, 0.5) is 0 Å². The smallest absolute Gasteiger partial charge is 0.572 e. The van der Waals surface area contributed by atoms with Crippen molar-refractivity contribution in [3.05, 3.63) is 226 Å². The molecule has 0 fully saturated rings. The van der Waals surface area contributed by atoms with E-state index in [1.165, 1.54) is 135 Å². The average Bonchev–Trinajstić information content (AvgIpc) is 1.64. The summed E-state index contributed by atoms with van der Waals surface area (Å²) in [4.78, 5) is 90.9. The van der Waals surface area contributed by atoms with E-state index in [1.54, 1.807) is 80.2 Å². The quantitative estimate of drug-likeness (QED) is 0.0729. The topological polar surface area (TPSA) is 466 Å². The molecule has 3 aliphatic rings. The summed E-state index contributed by atoms with van der Waals surface area (Å²) >= 11 is 0. The Bertz CT molecular complexity index is 5340. The molecular weight excluding hydrogens is 2540 g/mol. The van der Waals surface area contributed by atoms with Crippen LogP contribution in [0.1, 0.15) is 245 Å². The summed E-state index contributed by atoms with van der Waals surface area (Å²) in [6, 6.07) is 14.8. The van der Waals surface area contributed by atoms with E-state index in [0.29, 0.717) is 34.9 Å². The van der Waals surface area contributed by atoms with Crippen LogP contribution < -0.4 is 30.6 Å². The molecule has 0 radical (unpaired) electrons. The molecule has 0 bridgehead atoms. The predicted molar refractivity (Wildman–Crippen MR) is 474 cm³/mol. The van der Waals surface area contributed by atoms with Crippen LogP contribution in [0, 0.1) is 27.7 Å². The zero-order chi connectivity index (χ0) is 91.9. The predicted octanol–water partition coefficient (Wildman–Crippen LogP) is 15.8. The summed E-state index contributed by atoms with van der Waals surface area (Å²) in [6.45, 7) is 45.3. The van der Waals surface area contributed by atoms with E-state index in [-0.39, 0.29) is 179 Å². The molecule has 15 rings (SSSR count). The zero-order valence-corrected chi connectivity index (χ0v) is 88.7. The maximum atomic E-state index is 10.0. The Labute approximate surface area is 827 Å². The second-order valence-corrected chi connectivity index (χ2v) is 33.8. The summed E-state index contributed by atoms with van der Waals surface area (Å²) in [5.74, 6) is 3.75. The molecule has 3 aliphatic carbocycles. The molecule has 37 heteroatoms. The van der Waals surface area contributed by atoms with E-state index in [0.717, 1.165) is 105 Å². The van der Waals surface area contributed by atoms with Gasteiger partial charge in [0.1, 0.15) is 34.9 Å². The van der Waals surface area contributed by atoms with Gasteiger partial charge in [-0.05, 0) is 200 Å². The number of ketones is 4. The molecule has 4 N–H and O–H groups in total. The van der Waals surface area contributed by atoms with Crippen LogP contribution in [0.3, 0.4) is 0 Å². The number of carbonyl (C=O) groups excluding carboxylic acids is 4. The van der Waals surface area contributed by atoms with Gasteiger partial charge in [0.05, 0.1) is 23.0 Å². The summed E-state index contributed by atoms with van der Waals surface area (Å²) in [5.41, 5.74) is 18.3. The summed E-state index contributed by atoms with van der Waals surface area (Å²) < 4.78 is 0.